The summed E-state index contributed by atoms with van der Waals surface area (Å²) in [6, 6.07) is 0. The zero-order chi connectivity index (χ0) is 21.7. The maximum atomic E-state index is 6.15. The maximum Gasteiger partial charge on any atom is 0.235 e. The van der Waals surface area contributed by atoms with E-state index in [0.717, 1.165) is 6.42 Å². The van der Waals surface area contributed by atoms with Crippen LogP contribution < -0.4 is 0 Å². The molecule has 6 nitrogen and oxygen atoms in total. The third-order valence-electron chi connectivity index (χ3n) is 5.84. The Morgan fingerprint density at radius 3 is 2.37 bits per heavy atom. The van der Waals surface area contributed by atoms with Gasteiger partial charge >= 0.3 is 0 Å². The lowest BCUT2D eigenvalue weighted by Crippen LogP contribution is -2.62. The third kappa shape index (κ3) is 6.09. The van der Waals surface area contributed by atoms with Crippen LogP contribution in [0.1, 0.15) is 86.0 Å². The van der Waals surface area contributed by atoms with Crippen LogP contribution in [0.3, 0.4) is 0 Å². The van der Waals surface area contributed by atoms with E-state index in [1.165, 1.54) is 44.9 Å². The van der Waals surface area contributed by atoms with Gasteiger partial charge < -0.3 is 28.4 Å². The van der Waals surface area contributed by atoms with Crippen molar-refractivity contribution < 1.29 is 28.4 Å². The van der Waals surface area contributed by atoms with E-state index in [4.69, 9.17) is 28.4 Å². The highest BCUT2D eigenvalue weighted by atomic mass is 16.9. The molecule has 172 valence electrons. The first-order valence-electron chi connectivity index (χ1n) is 11.7. The first-order chi connectivity index (χ1) is 14.3. The van der Waals surface area contributed by atoms with Crippen LogP contribution in [0.25, 0.3) is 0 Å². The topological polar surface area (TPSA) is 55.4 Å². The molecule has 3 saturated heterocycles. The van der Waals surface area contributed by atoms with Gasteiger partial charge in [-0.3, -0.25) is 0 Å². The Morgan fingerprint density at radius 2 is 1.67 bits per heavy atom. The fraction of sp³-hybridized carbons (Fsp3) is 0.875. The summed E-state index contributed by atoms with van der Waals surface area (Å²) in [7, 11) is 0. The van der Waals surface area contributed by atoms with Crippen molar-refractivity contribution in [2.45, 2.75) is 122 Å². The van der Waals surface area contributed by atoms with Gasteiger partial charge in [0, 0.05) is 0 Å². The predicted octanol–water partition coefficient (Wildman–Crippen LogP) is 5.21. The molecule has 0 amide bonds. The highest BCUT2D eigenvalue weighted by Crippen LogP contribution is 2.45. The second-order valence-corrected chi connectivity index (χ2v) is 9.51. The van der Waals surface area contributed by atoms with Crippen LogP contribution in [-0.4, -0.2) is 48.9 Å². The molecule has 0 radical (unpaired) electrons. The summed E-state index contributed by atoms with van der Waals surface area (Å²) >= 11 is 0. The number of unbranched alkanes of at least 4 members (excludes halogenated alkanes) is 7. The number of ether oxygens (including phenoxy) is 6. The number of allylic oxidation sites excluding steroid dienone is 1. The van der Waals surface area contributed by atoms with Crippen LogP contribution in [0.2, 0.25) is 0 Å². The van der Waals surface area contributed by atoms with Crippen LogP contribution in [0, 0.1) is 0 Å². The van der Waals surface area contributed by atoms with Crippen LogP contribution in [-0.2, 0) is 28.4 Å². The molecule has 3 aliphatic rings. The molecule has 0 unspecified atom stereocenters. The molecular formula is C24H40O6. The molecule has 0 aliphatic carbocycles. The van der Waals surface area contributed by atoms with Gasteiger partial charge in [-0.1, -0.05) is 51.2 Å². The molecule has 3 rings (SSSR count). The van der Waals surface area contributed by atoms with E-state index < -0.39 is 23.5 Å². The van der Waals surface area contributed by atoms with E-state index in [0.29, 0.717) is 6.61 Å². The van der Waals surface area contributed by atoms with E-state index in [9.17, 15) is 0 Å². The van der Waals surface area contributed by atoms with Crippen LogP contribution in [0.4, 0.5) is 0 Å². The first kappa shape index (κ1) is 23.8. The monoisotopic (exact) mass is 424 g/mol. The zero-order valence-corrected chi connectivity index (χ0v) is 19.4. The summed E-state index contributed by atoms with van der Waals surface area (Å²) < 4.78 is 36.3. The molecule has 0 N–H and O–H groups in total. The fourth-order valence-electron chi connectivity index (χ4n) is 4.39. The number of hydrogen-bond acceptors (Lipinski definition) is 6. The van der Waals surface area contributed by atoms with Crippen LogP contribution in [0.5, 0.6) is 0 Å². The van der Waals surface area contributed by atoms with E-state index >= 15 is 0 Å². The van der Waals surface area contributed by atoms with Crippen molar-refractivity contribution in [3.63, 3.8) is 0 Å². The van der Waals surface area contributed by atoms with Gasteiger partial charge in [0.1, 0.15) is 25.1 Å². The van der Waals surface area contributed by atoms with Crippen molar-refractivity contribution >= 4 is 0 Å². The Hall–Kier alpha value is -0.880. The van der Waals surface area contributed by atoms with Gasteiger partial charge in [-0.25, -0.2) is 0 Å². The largest absolute Gasteiger partial charge is 0.481 e. The summed E-state index contributed by atoms with van der Waals surface area (Å²) in [4.78, 5) is 0. The van der Waals surface area contributed by atoms with Crippen molar-refractivity contribution in [3.05, 3.63) is 18.1 Å². The van der Waals surface area contributed by atoms with E-state index in [1.54, 1.807) is 6.26 Å². The Balaban J connectivity index is 1.53. The fourth-order valence-corrected chi connectivity index (χ4v) is 4.39. The Bertz CT molecular complexity index is 607. The van der Waals surface area contributed by atoms with E-state index in [-0.39, 0.29) is 18.8 Å². The van der Waals surface area contributed by atoms with Crippen molar-refractivity contribution in [2.24, 2.45) is 0 Å². The molecule has 3 fully saturated rings. The Labute approximate surface area is 181 Å². The number of fused-ring (bicyclic) bond motifs is 1. The molecule has 3 heterocycles. The average molecular weight is 425 g/mol. The van der Waals surface area contributed by atoms with Gasteiger partial charge in [-0.2, -0.15) is 0 Å². The quantitative estimate of drug-likeness (QED) is 0.273. The Morgan fingerprint density at radius 1 is 0.933 bits per heavy atom. The van der Waals surface area contributed by atoms with Gasteiger partial charge in [-0.15, -0.1) is 0 Å². The minimum Gasteiger partial charge on any atom is -0.481 e. The minimum atomic E-state index is -1.01. The lowest BCUT2D eigenvalue weighted by molar-refractivity contribution is -0.326. The van der Waals surface area contributed by atoms with E-state index in [1.807, 2.05) is 33.8 Å². The van der Waals surface area contributed by atoms with Crippen molar-refractivity contribution in [1.29, 1.82) is 0 Å². The molecule has 0 aromatic rings. The van der Waals surface area contributed by atoms with E-state index in [2.05, 4.69) is 12.7 Å². The minimum absolute atomic E-state index is 0.201. The van der Waals surface area contributed by atoms with Gasteiger partial charge in [0.2, 0.25) is 5.79 Å². The van der Waals surface area contributed by atoms with Gasteiger partial charge in [0.15, 0.2) is 17.7 Å². The third-order valence-corrected chi connectivity index (χ3v) is 5.84. The van der Waals surface area contributed by atoms with Gasteiger partial charge in [0.05, 0.1) is 6.61 Å². The molecule has 0 bridgehead atoms. The molecule has 3 aliphatic heterocycles. The lowest BCUT2D eigenvalue weighted by Gasteiger charge is -2.43. The second kappa shape index (κ2) is 10.2. The average Bonchev–Trinajstić information content (AvgIpc) is 3.16. The lowest BCUT2D eigenvalue weighted by atomic mass is 9.97. The number of rotatable bonds is 10. The summed E-state index contributed by atoms with van der Waals surface area (Å²) in [5.74, 6) is -2.43. The van der Waals surface area contributed by atoms with Gasteiger partial charge in [0.25, 0.3) is 0 Å². The predicted molar refractivity (Wildman–Crippen MR) is 114 cm³/mol. The zero-order valence-electron chi connectivity index (χ0n) is 19.4. The smallest absolute Gasteiger partial charge is 0.235 e. The molecule has 0 saturated carbocycles. The Kier molecular flexibility index (Phi) is 8.05. The molecule has 0 aromatic carbocycles. The van der Waals surface area contributed by atoms with Crippen molar-refractivity contribution in [3.8, 4) is 0 Å². The van der Waals surface area contributed by atoms with Crippen LogP contribution >= 0.6 is 0 Å². The molecular weight excluding hydrogens is 384 g/mol. The van der Waals surface area contributed by atoms with Gasteiger partial charge in [-0.05, 0) is 46.6 Å². The summed E-state index contributed by atoms with van der Waals surface area (Å²) in [6.45, 7) is 10.5. The summed E-state index contributed by atoms with van der Waals surface area (Å²) in [6.07, 6.45) is 12.8. The number of hydrogen-bond donors (Lipinski definition) is 0. The summed E-state index contributed by atoms with van der Waals surface area (Å²) in [5.41, 5.74) is 3.15. The molecule has 6 heteroatoms. The van der Waals surface area contributed by atoms with Crippen molar-refractivity contribution in [2.75, 3.05) is 13.2 Å². The molecule has 0 aromatic heterocycles. The highest BCUT2D eigenvalue weighted by molar-refractivity contribution is 5.02. The highest BCUT2D eigenvalue weighted by Gasteiger charge is 2.63. The molecule has 1 spiro atoms. The normalized spacial score (nSPS) is 33.8. The summed E-state index contributed by atoms with van der Waals surface area (Å²) in [5, 5.41) is 0. The SMILES string of the molecule is CCCCCCCCCC=C=CO[C@H]1[C@@H]2OC(C)(C)O[C@@H]2CO[C@]12COC(C)(C)O2. The van der Waals surface area contributed by atoms with Crippen LogP contribution in [0.15, 0.2) is 18.1 Å². The molecule has 30 heavy (non-hydrogen) atoms. The first-order valence-corrected chi connectivity index (χ1v) is 11.7. The second-order valence-electron chi connectivity index (χ2n) is 9.51. The molecule has 4 atom stereocenters. The van der Waals surface area contributed by atoms with Crippen molar-refractivity contribution in [1.82, 2.24) is 0 Å². The standard InChI is InChI=1S/C24H40O6/c1-6-7-8-9-10-11-12-13-14-15-16-25-21-20-19(28-23(4,5)29-20)17-26-24(21)18-27-22(2,3)30-24/h14,16,19-21H,6-13,17-18H2,1-5H3/t15?,19-,20-,21+,24+/m1/s1. The maximum absolute atomic E-state index is 6.15.